The number of carbonyl (C=O) groups is 4. The van der Waals surface area contributed by atoms with Crippen molar-refractivity contribution in [3.05, 3.63) is 85.2 Å². The molecule has 0 unspecified atom stereocenters. The van der Waals surface area contributed by atoms with Crippen LogP contribution in [-0.4, -0.2) is 35.6 Å². The number of halogens is 10. The lowest BCUT2D eigenvalue weighted by Gasteiger charge is -2.18. The molecule has 0 fully saturated rings. The van der Waals surface area contributed by atoms with Crippen molar-refractivity contribution < 1.29 is 58.7 Å². The Morgan fingerprint density at radius 3 is 1.27 bits per heavy atom. The number of hydrogen-bond acceptors (Lipinski definition) is 4. The summed E-state index contributed by atoms with van der Waals surface area (Å²) in [4.78, 5) is 49.7. The first-order valence-electron chi connectivity index (χ1n) is 10.5. The summed E-state index contributed by atoms with van der Waals surface area (Å²) in [7, 11) is 0.748. The van der Waals surface area contributed by atoms with E-state index in [1.54, 1.807) is 0 Å². The van der Waals surface area contributed by atoms with Crippen LogP contribution >= 0.6 is 11.6 Å². The molecule has 6 nitrogen and oxygen atoms in total. The molecule has 206 valence electrons. The van der Waals surface area contributed by atoms with Gasteiger partial charge in [0.15, 0.2) is 40.7 Å². The van der Waals surface area contributed by atoms with E-state index in [9.17, 15) is 41.1 Å². The summed E-state index contributed by atoms with van der Waals surface area (Å²) in [6, 6.07) is 0. The highest BCUT2D eigenvalue weighted by molar-refractivity contribution is 6.36. The first-order valence-corrected chi connectivity index (χ1v) is 10.9. The minimum absolute atomic E-state index is 0.148. The van der Waals surface area contributed by atoms with Crippen LogP contribution in [0, 0.1) is 59.3 Å². The molecule has 0 bridgehead atoms. The fraction of sp³-hybridized carbons (Fsp3) is 0.0833. The molecule has 2 heterocycles. The molecule has 40 heavy (non-hydrogen) atoms. The highest BCUT2D eigenvalue weighted by atomic mass is 35.5. The molecule has 0 aliphatic carbocycles. The van der Waals surface area contributed by atoms with Crippen molar-refractivity contribution in [3.8, 4) is 11.1 Å². The molecule has 0 spiro atoms. The number of benzene rings is 3. The number of fused-ring (bicyclic) bond motifs is 2. The van der Waals surface area contributed by atoms with Crippen molar-refractivity contribution in [1.82, 2.24) is 4.90 Å². The Labute approximate surface area is 220 Å². The van der Waals surface area contributed by atoms with Crippen LogP contribution in [0.5, 0.6) is 0 Å². The van der Waals surface area contributed by atoms with Crippen LogP contribution in [0.15, 0.2) is 0 Å². The van der Waals surface area contributed by atoms with Gasteiger partial charge in [0.1, 0.15) is 22.3 Å². The maximum absolute atomic E-state index is 15.6. The largest absolute Gasteiger partial charge is 0.277 e. The van der Waals surface area contributed by atoms with Crippen LogP contribution in [0.4, 0.5) is 45.2 Å². The van der Waals surface area contributed by atoms with Gasteiger partial charge in [-0.05, 0) is 6.92 Å². The Balaban J connectivity index is 1.83. The van der Waals surface area contributed by atoms with E-state index in [1.165, 1.54) is 0 Å². The van der Waals surface area contributed by atoms with Crippen molar-refractivity contribution in [2.45, 2.75) is 6.92 Å². The highest BCUT2D eigenvalue weighted by Gasteiger charge is 2.49. The maximum atomic E-state index is 15.6. The van der Waals surface area contributed by atoms with Gasteiger partial charge >= 0.3 is 0 Å². The van der Waals surface area contributed by atoms with Crippen LogP contribution < -0.4 is 4.90 Å². The van der Waals surface area contributed by atoms with Gasteiger partial charge in [0.05, 0.1) is 33.4 Å². The number of amides is 4. The standard InChI is InChI=1S/C24H6ClF9N2O4/c1-3-11(26)10(25)19(34)20(12(3)27)36-23(39)7-9(24(36)40)18(33)16(31)5(14(7)29)4-13(28)6-8(17(32)15(4)30)22(38)35(2)21(6)37/h1-2H3. The van der Waals surface area contributed by atoms with Crippen LogP contribution in [0.25, 0.3) is 11.1 Å². The van der Waals surface area contributed by atoms with Crippen LogP contribution in [0.2, 0.25) is 5.02 Å². The first-order chi connectivity index (χ1) is 18.6. The molecule has 0 saturated heterocycles. The van der Waals surface area contributed by atoms with Gasteiger partial charge in [-0.3, -0.25) is 24.1 Å². The van der Waals surface area contributed by atoms with E-state index in [-0.39, 0.29) is 4.90 Å². The summed E-state index contributed by atoms with van der Waals surface area (Å²) in [5, 5.41) is -1.43. The van der Waals surface area contributed by atoms with E-state index in [1.807, 2.05) is 0 Å². The zero-order valence-corrected chi connectivity index (χ0v) is 20.1. The van der Waals surface area contributed by atoms with Gasteiger partial charge in [-0.15, -0.1) is 0 Å². The van der Waals surface area contributed by atoms with E-state index in [4.69, 9.17) is 11.6 Å². The van der Waals surface area contributed by atoms with Crippen molar-refractivity contribution in [1.29, 1.82) is 0 Å². The Kier molecular flexibility index (Phi) is 5.81. The Morgan fingerprint density at radius 2 is 0.825 bits per heavy atom. The predicted molar refractivity (Wildman–Crippen MR) is 115 cm³/mol. The van der Waals surface area contributed by atoms with Gasteiger partial charge in [-0.25, -0.2) is 44.4 Å². The Hall–Kier alpha value is -4.40. The van der Waals surface area contributed by atoms with Crippen LogP contribution in [0.3, 0.4) is 0 Å². The summed E-state index contributed by atoms with van der Waals surface area (Å²) in [5.74, 6) is -27.3. The predicted octanol–water partition coefficient (Wildman–Crippen LogP) is 5.59. The smallest absolute Gasteiger partial charge is 0.269 e. The second-order valence-corrected chi connectivity index (χ2v) is 8.86. The molecule has 2 aliphatic heterocycles. The summed E-state index contributed by atoms with van der Waals surface area (Å²) >= 11 is 5.42. The molecular weight excluding hydrogens is 587 g/mol. The third-order valence-electron chi connectivity index (χ3n) is 6.45. The summed E-state index contributed by atoms with van der Waals surface area (Å²) < 4.78 is 134. The van der Waals surface area contributed by atoms with Crippen LogP contribution in [-0.2, 0) is 0 Å². The molecule has 3 aromatic carbocycles. The number of anilines is 1. The highest BCUT2D eigenvalue weighted by Crippen LogP contribution is 2.44. The molecular formula is C24H6ClF9N2O4. The molecule has 0 radical (unpaired) electrons. The SMILES string of the molecule is Cc1c(F)c(Cl)c(F)c(N2C(=O)c3c(F)c(F)c(-c4c(F)c(F)c5c(c4F)C(=O)N(C)C5=O)c(F)c3C2=O)c1F. The van der Waals surface area contributed by atoms with E-state index in [0.29, 0.717) is 6.92 Å². The summed E-state index contributed by atoms with van der Waals surface area (Å²) in [5.41, 5.74) is -13.4. The van der Waals surface area contributed by atoms with E-state index >= 15 is 17.6 Å². The fourth-order valence-electron chi connectivity index (χ4n) is 4.44. The molecule has 3 aromatic rings. The molecule has 0 N–H and O–H groups in total. The normalized spacial score (nSPS) is 14.6. The van der Waals surface area contributed by atoms with Gasteiger partial charge in [-0.1, -0.05) is 11.6 Å². The summed E-state index contributed by atoms with van der Waals surface area (Å²) in [6.07, 6.45) is 0. The monoisotopic (exact) mass is 592 g/mol. The molecule has 0 saturated carbocycles. The molecule has 16 heteroatoms. The average Bonchev–Trinajstić information content (AvgIpc) is 3.30. The molecule has 4 amide bonds. The van der Waals surface area contributed by atoms with Crippen molar-refractivity contribution >= 4 is 40.9 Å². The molecule has 5 rings (SSSR count). The Morgan fingerprint density at radius 1 is 0.475 bits per heavy atom. The zero-order valence-electron chi connectivity index (χ0n) is 19.3. The van der Waals surface area contributed by atoms with Crippen molar-refractivity contribution in [2.24, 2.45) is 0 Å². The quantitative estimate of drug-likeness (QED) is 0.168. The molecule has 2 aliphatic rings. The number of carbonyl (C=O) groups excluding carboxylic acids is 4. The van der Waals surface area contributed by atoms with Crippen molar-refractivity contribution in [2.75, 3.05) is 11.9 Å². The third-order valence-corrected chi connectivity index (χ3v) is 6.78. The third kappa shape index (κ3) is 3.08. The van der Waals surface area contributed by atoms with Gasteiger partial charge in [0, 0.05) is 12.6 Å². The number of nitrogens with zero attached hydrogens (tertiary/aromatic N) is 2. The van der Waals surface area contributed by atoms with Crippen LogP contribution in [0.1, 0.15) is 47.0 Å². The Bertz CT molecular complexity index is 1800. The maximum Gasteiger partial charge on any atom is 0.269 e. The second kappa shape index (κ2) is 8.55. The number of imide groups is 2. The lowest BCUT2D eigenvalue weighted by molar-refractivity contribution is 0.0689. The van der Waals surface area contributed by atoms with E-state index in [0.717, 1.165) is 7.05 Å². The first kappa shape index (κ1) is 27.2. The average molecular weight is 593 g/mol. The topological polar surface area (TPSA) is 74.8 Å². The molecule has 0 atom stereocenters. The minimum Gasteiger partial charge on any atom is -0.277 e. The second-order valence-electron chi connectivity index (χ2n) is 8.48. The fourth-order valence-corrected chi connectivity index (χ4v) is 4.67. The van der Waals surface area contributed by atoms with Gasteiger partial charge < -0.3 is 0 Å². The minimum atomic E-state index is -2.57. The van der Waals surface area contributed by atoms with Gasteiger partial charge in [-0.2, -0.15) is 0 Å². The van der Waals surface area contributed by atoms with E-state index in [2.05, 4.69) is 0 Å². The van der Waals surface area contributed by atoms with E-state index < -0.39 is 131 Å². The lowest BCUT2D eigenvalue weighted by atomic mass is 9.93. The van der Waals surface area contributed by atoms with Gasteiger partial charge in [0.25, 0.3) is 23.6 Å². The van der Waals surface area contributed by atoms with Gasteiger partial charge in [0.2, 0.25) is 0 Å². The zero-order chi connectivity index (χ0) is 29.9. The lowest BCUT2D eigenvalue weighted by Crippen LogP contribution is -2.32. The van der Waals surface area contributed by atoms with Crippen molar-refractivity contribution in [3.63, 3.8) is 0 Å². The number of rotatable bonds is 2. The summed E-state index contributed by atoms with van der Waals surface area (Å²) in [6.45, 7) is 0.702. The number of hydrogen-bond donors (Lipinski definition) is 0. The molecule has 0 aromatic heterocycles.